The molecular weight excluding hydrogens is 432 g/mol. The lowest BCUT2D eigenvalue weighted by Gasteiger charge is -2.31. The van der Waals surface area contributed by atoms with Crippen LogP contribution in [0.5, 0.6) is 5.75 Å². The van der Waals surface area contributed by atoms with Crippen LogP contribution in [0.25, 0.3) is 5.76 Å². The number of aliphatic hydroxyl groups is 1. The number of nitrogens with zero attached hydrogens (tertiary/aromatic N) is 2. The zero-order valence-corrected chi connectivity index (χ0v) is 19.6. The summed E-state index contributed by atoms with van der Waals surface area (Å²) in [5.41, 5.74) is 3.56. The van der Waals surface area contributed by atoms with Crippen molar-refractivity contribution in [1.82, 2.24) is 9.80 Å². The highest BCUT2D eigenvalue weighted by Crippen LogP contribution is 2.40. The number of ether oxygens (including phenoxy) is 2. The number of likely N-dealkylation sites (tertiary alicyclic amines) is 1. The second kappa shape index (κ2) is 9.24. The van der Waals surface area contributed by atoms with Crippen LogP contribution in [0, 0.1) is 6.92 Å². The molecule has 0 aliphatic carbocycles. The van der Waals surface area contributed by atoms with Gasteiger partial charge in [-0.2, -0.15) is 0 Å². The molecular formula is C27H30N2O5. The molecule has 7 heteroatoms. The first kappa shape index (κ1) is 22.6. The van der Waals surface area contributed by atoms with E-state index in [4.69, 9.17) is 9.47 Å². The Bertz CT molecular complexity index is 1130. The first-order valence-electron chi connectivity index (χ1n) is 11.9. The van der Waals surface area contributed by atoms with E-state index >= 15 is 0 Å². The molecule has 0 saturated carbocycles. The third-order valence-electron chi connectivity index (χ3n) is 6.86. The van der Waals surface area contributed by atoms with Crippen molar-refractivity contribution in [3.05, 3.63) is 70.3 Å². The van der Waals surface area contributed by atoms with Gasteiger partial charge in [0.2, 0.25) is 0 Å². The van der Waals surface area contributed by atoms with Gasteiger partial charge in [0.1, 0.15) is 17.6 Å². The largest absolute Gasteiger partial charge is 0.507 e. The number of carbonyl (C=O) groups is 2. The zero-order valence-electron chi connectivity index (χ0n) is 19.6. The summed E-state index contributed by atoms with van der Waals surface area (Å²) in [6.45, 7) is 7.97. The molecule has 0 bridgehead atoms. The van der Waals surface area contributed by atoms with Gasteiger partial charge >= 0.3 is 0 Å². The van der Waals surface area contributed by atoms with Crippen LogP contribution < -0.4 is 4.74 Å². The van der Waals surface area contributed by atoms with Crippen LogP contribution >= 0.6 is 0 Å². The minimum Gasteiger partial charge on any atom is -0.507 e. The molecule has 2 unspecified atom stereocenters. The summed E-state index contributed by atoms with van der Waals surface area (Å²) in [6, 6.07) is 12.6. The Kier molecular flexibility index (Phi) is 6.15. The van der Waals surface area contributed by atoms with Crippen molar-refractivity contribution < 1.29 is 24.2 Å². The molecule has 178 valence electrons. The van der Waals surface area contributed by atoms with Gasteiger partial charge in [-0.15, -0.1) is 0 Å². The van der Waals surface area contributed by atoms with E-state index in [-0.39, 0.29) is 17.4 Å². The highest BCUT2D eigenvalue weighted by molar-refractivity contribution is 6.46. The molecule has 5 rings (SSSR count). The van der Waals surface area contributed by atoms with Crippen LogP contribution in [0.3, 0.4) is 0 Å². The molecule has 3 aliphatic rings. The number of hydrogen-bond donors (Lipinski definition) is 1. The van der Waals surface area contributed by atoms with Gasteiger partial charge < -0.3 is 19.5 Å². The fourth-order valence-corrected chi connectivity index (χ4v) is 5.00. The van der Waals surface area contributed by atoms with Crippen LogP contribution in [0.4, 0.5) is 0 Å². The van der Waals surface area contributed by atoms with E-state index in [9.17, 15) is 14.7 Å². The van der Waals surface area contributed by atoms with Gasteiger partial charge in [-0.25, -0.2) is 0 Å². The van der Waals surface area contributed by atoms with Crippen LogP contribution in [-0.4, -0.2) is 72.1 Å². The molecule has 0 radical (unpaired) electrons. The first-order chi connectivity index (χ1) is 16.4. The normalized spacial score (nSPS) is 24.4. The maximum atomic E-state index is 13.3. The number of morpholine rings is 1. The van der Waals surface area contributed by atoms with Crippen molar-refractivity contribution in [1.29, 1.82) is 0 Å². The predicted molar refractivity (Wildman–Crippen MR) is 128 cm³/mol. The van der Waals surface area contributed by atoms with E-state index in [1.54, 1.807) is 11.0 Å². The molecule has 1 N–H and O–H groups in total. The maximum absolute atomic E-state index is 13.3. The van der Waals surface area contributed by atoms with Gasteiger partial charge in [-0.3, -0.25) is 14.5 Å². The number of Topliss-reactive ketones (excluding diaryl/α,β-unsaturated/α-hetero) is 1. The number of rotatable bonds is 5. The van der Waals surface area contributed by atoms with Crippen molar-refractivity contribution in [2.24, 2.45) is 0 Å². The van der Waals surface area contributed by atoms with Crippen LogP contribution in [0.1, 0.15) is 35.2 Å². The number of fused-ring (bicyclic) bond motifs is 1. The van der Waals surface area contributed by atoms with E-state index in [1.165, 1.54) is 0 Å². The van der Waals surface area contributed by atoms with Gasteiger partial charge in [0, 0.05) is 38.2 Å². The SMILES string of the molecule is Cc1ccc(C2/C(=C(\O)c3ccc4c(c3)CC(C)O4)C(=O)C(=O)N2CCN2CCOCC2)cc1. The summed E-state index contributed by atoms with van der Waals surface area (Å²) in [7, 11) is 0. The average Bonchev–Trinajstić information content (AvgIpc) is 3.34. The number of carbonyl (C=O) groups excluding carboxylic acids is 2. The number of aliphatic hydroxyl groups excluding tert-OH is 1. The molecule has 34 heavy (non-hydrogen) atoms. The van der Waals surface area contributed by atoms with Crippen molar-refractivity contribution in [2.75, 3.05) is 39.4 Å². The number of amides is 1. The van der Waals surface area contributed by atoms with Crippen molar-refractivity contribution >= 4 is 17.4 Å². The van der Waals surface area contributed by atoms with Crippen LogP contribution in [0.15, 0.2) is 48.0 Å². The number of ketones is 1. The summed E-state index contributed by atoms with van der Waals surface area (Å²) in [4.78, 5) is 30.3. The third-order valence-corrected chi connectivity index (χ3v) is 6.86. The molecule has 3 heterocycles. The Balaban J connectivity index is 1.53. The molecule has 0 aromatic heterocycles. The fraction of sp³-hybridized carbons (Fsp3) is 0.407. The Hall–Kier alpha value is -3.16. The van der Waals surface area contributed by atoms with Crippen LogP contribution in [0.2, 0.25) is 0 Å². The molecule has 2 atom stereocenters. The lowest BCUT2D eigenvalue weighted by atomic mass is 9.94. The number of aryl methyl sites for hydroxylation is 1. The lowest BCUT2D eigenvalue weighted by Crippen LogP contribution is -2.42. The maximum Gasteiger partial charge on any atom is 0.295 e. The summed E-state index contributed by atoms with van der Waals surface area (Å²) < 4.78 is 11.2. The highest BCUT2D eigenvalue weighted by Gasteiger charge is 2.46. The van der Waals surface area contributed by atoms with E-state index < -0.39 is 17.7 Å². The van der Waals surface area contributed by atoms with E-state index in [0.29, 0.717) is 31.9 Å². The fourth-order valence-electron chi connectivity index (χ4n) is 5.00. The Morgan fingerprint density at radius 3 is 2.53 bits per heavy atom. The molecule has 2 saturated heterocycles. The Labute approximate surface area is 199 Å². The summed E-state index contributed by atoms with van der Waals surface area (Å²) in [6.07, 6.45) is 0.817. The molecule has 2 aromatic rings. The molecule has 2 aromatic carbocycles. The standard InChI is InChI=1S/C27H30N2O5/c1-17-3-5-19(6-4-17)24-23(25(30)20-7-8-22-21(16-20)15-18(2)34-22)26(31)27(32)29(24)10-9-28-11-13-33-14-12-28/h3-8,16,18,24,30H,9-15H2,1-2H3/b25-23+. The summed E-state index contributed by atoms with van der Waals surface area (Å²) in [5.74, 6) is -0.557. The van der Waals surface area contributed by atoms with E-state index in [1.807, 2.05) is 50.2 Å². The monoisotopic (exact) mass is 462 g/mol. The quantitative estimate of drug-likeness (QED) is 0.418. The second-order valence-electron chi connectivity index (χ2n) is 9.31. The lowest BCUT2D eigenvalue weighted by molar-refractivity contribution is -0.140. The molecule has 0 spiro atoms. The topological polar surface area (TPSA) is 79.3 Å². The highest BCUT2D eigenvalue weighted by atomic mass is 16.5. The van der Waals surface area contributed by atoms with Crippen LogP contribution in [-0.2, 0) is 20.7 Å². The minimum atomic E-state index is -0.643. The van der Waals surface area contributed by atoms with Gasteiger partial charge in [0.25, 0.3) is 11.7 Å². The molecule has 3 aliphatic heterocycles. The molecule has 2 fully saturated rings. The Morgan fingerprint density at radius 1 is 1.06 bits per heavy atom. The molecule has 7 nitrogen and oxygen atoms in total. The smallest absolute Gasteiger partial charge is 0.295 e. The van der Waals surface area contributed by atoms with Crippen molar-refractivity contribution in [3.8, 4) is 5.75 Å². The predicted octanol–water partition coefficient (Wildman–Crippen LogP) is 3.07. The van der Waals surface area contributed by atoms with E-state index in [0.717, 1.165) is 42.0 Å². The number of benzene rings is 2. The first-order valence-corrected chi connectivity index (χ1v) is 11.9. The minimum absolute atomic E-state index is 0.0747. The van der Waals surface area contributed by atoms with Gasteiger partial charge in [-0.05, 0) is 43.2 Å². The zero-order chi connectivity index (χ0) is 23.8. The Morgan fingerprint density at radius 2 is 1.79 bits per heavy atom. The molecule has 1 amide bonds. The number of hydrogen-bond acceptors (Lipinski definition) is 6. The second-order valence-corrected chi connectivity index (χ2v) is 9.31. The summed E-state index contributed by atoms with van der Waals surface area (Å²) >= 11 is 0. The van der Waals surface area contributed by atoms with Gasteiger partial charge in [-0.1, -0.05) is 29.8 Å². The van der Waals surface area contributed by atoms with Crippen molar-refractivity contribution in [3.63, 3.8) is 0 Å². The third kappa shape index (κ3) is 4.21. The van der Waals surface area contributed by atoms with Gasteiger partial charge in [0.15, 0.2) is 0 Å². The van der Waals surface area contributed by atoms with E-state index in [2.05, 4.69) is 4.90 Å². The van der Waals surface area contributed by atoms with Crippen molar-refractivity contribution in [2.45, 2.75) is 32.4 Å². The summed E-state index contributed by atoms with van der Waals surface area (Å²) in [5, 5.41) is 11.3. The van der Waals surface area contributed by atoms with Gasteiger partial charge in [0.05, 0.1) is 24.8 Å². The average molecular weight is 463 g/mol.